The van der Waals surface area contributed by atoms with Gasteiger partial charge < -0.3 is 15.2 Å². The van der Waals surface area contributed by atoms with E-state index in [2.05, 4.69) is 25.6 Å². The van der Waals surface area contributed by atoms with Crippen molar-refractivity contribution in [2.45, 2.75) is 12.6 Å². The molecule has 3 N–H and O–H groups in total. The number of β-amino-alcohol motifs (C(OH)–C–C–N with tert-alkyl or cyclic N) is 1. The third-order valence-electron chi connectivity index (χ3n) is 3.77. The van der Waals surface area contributed by atoms with Gasteiger partial charge in [0.05, 0.1) is 37.7 Å². The number of ether oxygens (including phenoxy) is 1. The lowest BCUT2D eigenvalue weighted by molar-refractivity contribution is 0.0108. The monoisotopic (exact) mass is 346 g/mol. The van der Waals surface area contributed by atoms with Gasteiger partial charge in [-0.15, -0.1) is 0 Å². The summed E-state index contributed by atoms with van der Waals surface area (Å²) in [4.78, 5) is 18.1. The van der Waals surface area contributed by atoms with Crippen LogP contribution in [0.2, 0.25) is 0 Å². The van der Waals surface area contributed by atoms with E-state index in [1.807, 2.05) is 0 Å². The number of amides is 2. The van der Waals surface area contributed by atoms with E-state index in [-0.39, 0.29) is 0 Å². The molecule has 2 amide bonds. The summed E-state index contributed by atoms with van der Waals surface area (Å²) < 4.78 is 6.90. The maximum Gasteiger partial charge on any atom is 0.324 e. The number of anilines is 2. The third kappa shape index (κ3) is 5.52. The molecule has 134 valence electrons. The summed E-state index contributed by atoms with van der Waals surface area (Å²) in [5.41, 5.74) is 0.548. The molecule has 1 atom stereocenters. The zero-order valence-electron chi connectivity index (χ0n) is 13.8. The van der Waals surface area contributed by atoms with Crippen LogP contribution >= 0.6 is 0 Å². The maximum absolute atomic E-state index is 11.9. The van der Waals surface area contributed by atoms with Crippen LogP contribution in [0.15, 0.2) is 36.8 Å². The Hall–Kier alpha value is -2.49. The summed E-state index contributed by atoms with van der Waals surface area (Å²) in [6, 6.07) is 4.86. The fraction of sp³-hybridized carbons (Fsp3) is 0.438. The van der Waals surface area contributed by atoms with Crippen molar-refractivity contribution >= 4 is 17.5 Å². The van der Waals surface area contributed by atoms with Crippen LogP contribution in [0.25, 0.3) is 0 Å². The second-order valence-corrected chi connectivity index (χ2v) is 5.81. The van der Waals surface area contributed by atoms with Crippen LogP contribution in [0.5, 0.6) is 0 Å². The number of hydrogen-bond donors (Lipinski definition) is 3. The highest BCUT2D eigenvalue weighted by molar-refractivity contribution is 5.98. The van der Waals surface area contributed by atoms with E-state index < -0.39 is 12.1 Å². The Morgan fingerprint density at radius 2 is 2.12 bits per heavy atom. The Kier molecular flexibility index (Phi) is 5.94. The zero-order chi connectivity index (χ0) is 17.5. The van der Waals surface area contributed by atoms with Gasteiger partial charge in [0.2, 0.25) is 0 Å². The largest absolute Gasteiger partial charge is 0.390 e. The van der Waals surface area contributed by atoms with Crippen molar-refractivity contribution in [3.8, 4) is 0 Å². The summed E-state index contributed by atoms with van der Waals surface area (Å²) in [5.74, 6) is 0.466. The summed E-state index contributed by atoms with van der Waals surface area (Å²) in [6.07, 6.45) is 4.29. The van der Waals surface area contributed by atoms with Crippen LogP contribution in [0.4, 0.5) is 16.3 Å². The molecular formula is C16H22N6O3. The van der Waals surface area contributed by atoms with Gasteiger partial charge in [-0.2, -0.15) is 5.10 Å². The molecule has 0 spiro atoms. The average molecular weight is 346 g/mol. The van der Waals surface area contributed by atoms with E-state index in [0.29, 0.717) is 37.8 Å². The molecular weight excluding hydrogens is 324 g/mol. The van der Waals surface area contributed by atoms with Crippen molar-refractivity contribution in [2.24, 2.45) is 0 Å². The van der Waals surface area contributed by atoms with E-state index in [1.165, 1.54) is 0 Å². The lowest BCUT2D eigenvalue weighted by Crippen LogP contribution is -2.42. The average Bonchev–Trinajstić information content (AvgIpc) is 3.03. The fourth-order valence-corrected chi connectivity index (χ4v) is 2.60. The first kappa shape index (κ1) is 17.3. The Morgan fingerprint density at radius 1 is 1.28 bits per heavy atom. The highest BCUT2D eigenvalue weighted by Gasteiger charge is 2.15. The number of pyridine rings is 1. The van der Waals surface area contributed by atoms with E-state index in [4.69, 9.17) is 4.74 Å². The van der Waals surface area contributed by atoms with Gasteiger partial charge in [0.15, 0.2) is 0 Å². The van der Waals surface area contributed by atoms with Crippen LogP contribution in [-0.2, 0) is 11.3 Å². The minimum atomic E-state index is -0.534. The van der Waals surface area contributed by atoms with Crippen molar-refractivity contribution in [1.82, 2.24) is 19.7 Å². The van der Waals surface area contributed by atoms with Crippen molar-refractivity contribution < 1.29 is 14.6 Å². The third-order valence-corrected chi connectivity index (χ3v) is 3.77. The van der Waals surface area contributed by atoms with Crippen LogP contribution in [0.1, 0.15) is 0 Å². The second kappa shape index (κ2) is 8.56. The van der Waals surface area contributed by atoms with Crippen molar-refractivity contribution in [2.75, 3.05) is 43.5 Å². The fourth-order valence-electron chi connectivity index (χ4n) is 2.60. The molecule has 0 bridgehead atoms. The van der Waals surface area contributed by atoms with E-state index in [1.54, 1.807) is 41.5 Å². The molecule has 25 heavy (non-hydrogen) atoms. The van der Waals surface area contributed by atoms with Crippen molar-refractivity contribution in [3.05, 3.63) is 36.8 Å². The van der Waals surface area contributed by atoms with Crippen molar-refractivity contribution in [1.29, 1.82) is 0 Å². The number of nitrogens with zero attached hydrogens (tertiary/aromatic N) is 4. The first-order valence-corrected chi connectivity index (χ1v) is 8.19. The van der Waals surface area contributed by atoms with Crippen LogP contribution in [0, 0.1) is 0 Å². The topological polar surface area (TPSA) is 105 Å². The van der Waals surface area contributed by atoms with E-state index >= 15 is 0 Å². The molecule has 1 fully saturated rings. The van der Waals surface area contributed by atoms with Gasteiger partial charge in [0.1, 0.15) is 5.82 Å². The lowest BCUT2D eigenvalue weighted by Gasteiger charge is -2.28. The SMILES string of the molecule is O=C(Nc1cnn(CC(O)CN2CCOCC2)c1)Nc1ccccn1. The number of aromatic nitrogens is 3. The molecule has 3 heterocycles. The van der Waals surface area contributed by atoms with E-state index in [0.717, 1.165) is 13.1 Å². The van der Waals surface area contributed by atoms with Gasteiger partial charge in [-0.05, 0) is 12.1 Å². The molecule has 0 aliphatic carbocycles. The number of hydrogen-bond acceptors (Lipinski definition) is 6. The Bertz CT molecular complexity index is 672. The number of carbonyl (C=O) groups excluding carboxylic acids is 1. The second-order valence-electron chi connectivity index (χ2n) is 5.81. The number of rotatable bonds is 6. The number of carbonyl (C=O) groups is 1. The molecule has 0 saturated carbocycles. The van der Waals surface area contributed by atoms with Gasteiger partial charge in [0.25, 0.3) is 0 Å². The molecule has 1 aliphatic rings. The minimum Gasteiger partial charge on any atom is -0.390 e. The smallest absolute Gasteiger partial charge is 0.324 e. The predicted molar refractivity (Wildman–Crippen MR) is 92.4 cm³/mol. The number of aliphatic hydroxyl groups excluding tert-OH is 1. The Morgan fingerprint density at radius 3 is 2.88 bits per heavy atom. The van der Waals surface area contributed by atoms with Crippen LogP contribution in [0.3, 0.4) is 0 Å². The molecule has 1 aliphatic heterocycles. The molecule has 9 nitrogen and oxygen atoms in total. The standard InChI is InChI=1S/C16H22N6O3/c23-14(11-21-5-7-25-8-6-21)12-22-10-13(9-18-22)19-16(24)20-15-3-1-2-4-17-15/h1-4,9-10,14,23H,5-8,11-12H2,(H2,17,19,20,24). The number of aliphatic hydroxyl groups is 1. The molecule has 0 aromatic carbocycles. The molecule has 2 aromatic heterocycles. The van der Waals surface area contributed by atoms with E-state index in [9.17, 15) is 9.90 Å². The first-order chi connectivity index (χ1) is 12.2. The molecule has 9 heteroatoms. The van der Waals surface area contributed by atoms with Gasteiger partial charge in [-0.3, -0.25) is 14.9 Å². The highest BCUT2D eigenvalue weighted by atomic mass is 16.5. The number of nitrogens with one attached hydrogen (secondary N) is 2. The molecule has 3 rings (SSSR count). The zero-order valence-corrected chi connectivity index (χ0v) is 13.8. The van der Waals surface area contributed by atoms with Gasteiger partial charge in [-0.25, -0.2) is 9.78 Å². The summed E-state index contributed by atoms with van der Waals surface area (Å²) in [7, 11) is 0. The minimum absolute atomic E-state index is 0.362. The van der Waals surface area contributed by atoms with Gasteiger partial charge in [-0.1, -0.05) is 6.07 Å². The number of urea groups is 1. The predicted octanol–water partition coefficient (Wildman–Crippen LogP) is 0.615. The van der Waals surface area contributed by atoms with Crippen LogP contribution in [-0.4, -0.2) is 69.8 Å². The van der Waals surface area contributed by atoms with Gasteiger partial charge >= 0.3 is 6.03 Å². The normalized spacial score (nSPS) is 16.4. The quantitative estimate of drug-likeness (QED) is 0.708. The number of morpholine rings is 1. The Labute approximate surface area is 145 Å². The Balaban J connectivity index is 1.45. The molecule has 2 aromatic rings. The van der Waals surface area contributed by atoms with Crippen molar-refractivity contribution in [3.63, 3.8) is 0 Å². The van der Waals surface area contributed by atoms with Crippen LogP contribution < -0.4 is 10.6 Å². The summed E-state index contributed by atoms with van der Waals surface area (Å²) >= 11 is 0. The highest BCUT2D eigenvalue weighted by Crippen LogP contribution is 2.08. The molecule has 0 radical (unpaired) electrons. The lowest BCUT2D eigenvalue weighted by atomic mass is 10.3. The summed E-state index contributed by atoms with van der Waals surface area (Å²) in [6.45, 7) is 4.00. The van der Waals surface area contributed by atoms with Gasteiger partial charge in [0, 0.05) is 32.0 Å². The maximum atomic E-state index is 11.9. The molecule has 1 saturated heterocycles. The first-order valence-electron chi connectivity index (χ1n) is 8.19. The summed E-state index contributed by atoms with van der Waals surface area (Å²) in [5, 5.41) is 19.7. The molecule has 1 unspecified atom stereocenters.